The molecule has 0 spiro atoms. The van der Waals surface area contributed by atoms with Gasteiger partial charge in [-0.2, -0.15) is 0 Å². The smallest absolute Gasteiger partial charge is 0.215 e. The Morgan fingerprint density at radius 1 is 1.11 bits per heavy atom. The van der Waals surface area contributed by atoms with Gasteiger partial charge in [0.25, 0.3) is 0 Å². The van der Waals surface area contributed by atoms with E-state index in [0.29, 0.717) is 11.7 Å². The molecule has 4 nitrogen and oxygen atoms in total. The molecule has 2 heterocycles. The third kappa shape index (κ3) is 3.44. The lowest BCUT2D eigenvalue weighted by molar-refractivity contribution is 0.394. The summed E-state index contributed by atoms with van der Waals surface area (Å²) in [4.78, 5) is 8.58. The molecule has 19 heavy (non-hydrogen) atoms. The standard InChI is InChI=1S/C13H15N3O.C2H6/c1-8-4-5-11(14)16-12(8)10-6-9(2)13(17-3)15-7-10;1-2/h4-7H,1-3H3,(H2,14,16);1-2H3. The van der Waals surface area contributed by atoms with Gasteiger partial charge in [-0.1, -0.05) is 19.9 Å². The Morgan fingerprint density at radius 3 is 2.37 bits per heavy atom. The molecule has 0 bridgehead atoms. The topological polar surface area (TPSA) is 61.0 Å². The van der Waals surface area contributed by atoms with Crippen LogP contribution in [0.25, 0.3) is 11.3 Å². The number of methoxy groups -OCH3 is 1. The first kappa shape index (κ1) is 15.0. The van der Waals surface area contributed by atoms with Gasteiger partial charge in [-0.15, -0.1) is 0 Å². The molecule has 2 aromatic heterocycles. The molecule has 4 heteroatoms. The summed E-state index contributed by atoms with van der Waals surface area (Å²) < 4.78 is 5.13. The number of nitrogens with zero attached hydrogens (tertiary/aromatic N) is 2. The van der Waals surface area contributed by atoms with Crippen LogP contribution in [0.2, 0.25) is 0 Å². The van der Waals surface area contributed by atoms with Crippen molar-refractivity contribution < 1.29 is 4.74 Å². The molecule has 0 amide bonds. The Balaban J connectivity index is 0.000000861. The van der Waals surface area contributed by atoms with Crippen molar-refractivity contribution in [3.63, 3.8) is 0 Å². The van der Waals surface area contributed by atoms with Crippen LogP contribution in [0.1, 0.15) is 25.0 Å². The molecular formula is C15H21N3O. The molecule has 0 saturated heterocycles. The van der Waals surface area contributed by atoms with E-state index in [0.717, 1.165) is 22.4 Å². The largest absolute Gasteiger partial charge is 0.481 e. The zero-order valence-electron chi connectivity index (χ0n) is 12.2. The zero-order chi connectivity index (χ0) is 14.4. The Bertz CT molecular complexity index is 553. The highest BCUT2D eigenvalue weighted by atomic mass is 16.5. The number of aromatic nitrogens is 2. The van der Waals surface area contributed by atoms with Gasteiger partial charge < -0.3 is 10.5 Å². The number of nitrogen functional groups attached to an aromatic ring is 1. The van der Waals surface area contributed by atoms with Gasteiger partial charge in [0.05, 0.1) is 12.8 Å². The lowest BCUT2D eigenvalue weighted by atomic mass is 10.1. The molecule has 0 aliphatic heterocycles. The Kier molecular flexibility index (Phi) is 5.30. The molecule has 0 atom stereocenters. The van der Waals surface area contributed by atoms with Gasteiger partial charge in [0.1, 0.15) is 5.82 Å². The van der Waals surface area contributed by atoms with Gasteiger partial charge in [0, 0.05) is 17.3 Å². The van der Waals surface area contributed by atoms with Crippen LogP contribution in [0, 0.1) is 13.8 Å². The average Bonchev–Trinajstić information content (AvgIpc) is 2.43. The van der Waals surface area contributed by atoms with Crippen molar-refractivity contribution >= 4 is 5.82 Å². The number of nitrogens with two attached hydrogens (primary N) is 1. The van der Waals surface area contributed by atoms with Crippen LogP contribution < -0.4 is 10.5 Å². The molecular weight excluding hydrogens is 238 g/mol. The van der Waals surface area contributed by atoms with E-state index in [9.17, 15) is 0 Å². The van der Waals surface area contributed by atoms with Crippen molar-refractivity contribution in [2.24, 2.45) is 0 Å². The SMILES string of the molecule is CC.COc1ncc(-c2nc(N)ccc2C)cc1C. The molecule has 102 valence electrons. The van der Waals surface area contributed by atoms with Crippen LogP contribution >= 0.6 is 0 Å². The molecule has 0 radical (unpaired) electrons. The normalized spacial score (nSPS) is 9.53. The molecule has 0 aliphatic carbocycles. The number of pyridine rings is 2. The van der Waals surface area contributed by atoms with E-state index in [-0.39, 0.29) is 0 Å². The predicted molar refractivity (Wildman–Crippen MR) is 79.3 cm³/mol. The van der Waals surface area contributed by atoms with Crippen molar-refractivity contribution in [2.75, 3.05) is 12.8 Å². The maximum Gasteiger partial charge on any atom is 0.215 e. The van der Waals surface area contributed by atoms with Crippen LogP contribution in [-0.2, 0) is 0 Å². The second-order valence-electron chi connectivity index (χ2n) is 3.95. The first-order valence-electron chi connectivity index (χ1n) is 6.36. The minimum absolute atomic E-state index is 0.513. The molecule has 0 unspecified atom stereocenters. The second-order valence-corrected chi connectivity index (χ2v) is 3.95. The number of aryl methyl sites for hydroxylation is 2. The van der Waals surface area contributed by atoms with Gasteiger partial charge in [-0.25, -0.2) is 9.97 Å². The Hall–Kier alpha value is -2.10. The van der Waals surface area contributed by atoms with Crippen LogP contribution in [0.3, 0.4) is 0 Å². The monoisotopic (exact) mass is 259 g/mol. The number of hydrogen-bond donors (Lipinski definition) is 1. The zero-order valence-corrected chi connectivity index (χ0v) is 12.2. The van der Waals surface area contributed by atoms with E-state index in [4.69, 9.17) is 10.5 Å². The fraction of sp³-hybridized carbons (Fsp3) is 0.333. The number of hydrogen-bond acceptors (Lipinski definition) is 4. The first-order chi connectivity index (χ1) is 9.11. The molecule has 2 rings (SSSR count). The lowest BCUT2D eigenvalue weighted by Gasteiger charge is -2.08. The highest BCUT2D eigenvalue weighted by Crippen LogP contribution is 2.25. The molecule has 2 aromatic rings. The maximum absolute atomic E-state index is 5.70. The second kappa shape index (κ2) is 6.73. The fourth-order valence-electron chi connectivity index (χ4n) is 1.74. The van der Waals surface area contributed by atoms with E-state index in [1.807, 2.05) is 39.8 Å². The first-order valence-corrected chi connectivity index (χ1v) is 6.36. The summed E-state index contributed by atoms with van der Waals surface area (Å²) in [6.45, 7) is 7.96. The Labute approximate surface area is 114 Å². The summed E-state index contributed by atoms with van der Waals surface area (Å²) in [5.74, 6) is 1.15. The van der Waals surface area contributed by atoms with Gasteiger partial charge in [-0.3, -0.25) is 0 Å². The number of anilines is 1. The van der Waals surface area contributed by atoms with Crippen LogP contribution in [0.15, 0.2) is 24.4 Å². The van der Waals surface area contributed by atoms with Gasteiger partial charge >= 0.3 is 0 Å². The van der Waals surface area contributed by atoms with Crippen LogP contribution in [0.5, 0.6) is 5.88 Å². The molecule has 0 saturated carbocycles. The van der Waals surface area contributed by atoms with Crippen molar-refractivity contribution in [2.45, 2.75) is 27.7 Å². The van der Waals surface area contributed by atoms with Crippen molar-refractivity contribution in [1.82, 2.24) is 9.97 Å². The third-order valence-electron chi connectivity index (χ3n) is 2.62. The lowest BCUT2D eigenvalue weighted by Crippen LogP contribution is -1.97. The summed E-state index contributed by atoms with van der Waals surface area (Å²) in [6.07, 6.45) is 1.75. The van der Waals surface area contributed by atoms with Gasteiger partial charge in [0.15, 0.2) is 0 Å². The van der Waals surface area contributed by atoms with Crippen molar-refractivity contribution in [3.8, 4) is 17.1 Å². The van der Waals surface area contributed by atoms with Crippen LogP contribution in [0.4, 0.5) is 5.82 Å². The predicted octanol–water partition coefficient (Wildman–Crippen LogP) is 3.38. The summed E-state index contributed by atoms with van der Waals surface area (Å²) in [7, 11) is 1.61. The van der Waals surface area contributed by atoms with E-state index >= 15 is 0 Å². The third-order valence-corrected chi connectivity index (χ3v) is 2.62. The summed E-state index contributed by atoms with van der Waals surface area (Å²) in [6, 6.07) is 5.75. The summed E-state index contributed by atoms with van der Waals surface area (Å²) in [5.41, 5.74) is 9.57. The van der Waals surface area contributed by atoms with E-state index in [1.54, 1.807) is 19.4 Å². The molecule has 0 fully saturated rings. The fourth-order valence-corrected chi connectivity index (χ4v) is 1.74. The number of rotatable bonds is 2. The summed E-state index contributed by atoms with van der Waals surface area (Å²) >= 11 is 0. The van der Waals surface area contributed by atoms with Crippen LogP contribution in [-0.4, -0.2) is 17.1 Å². The molecule has 0 aliphatic rings. The molecule has 2 N–H and O–H groups in total. The van der Waals surface area contributed by atoms with Crippen molar-refractivity contribution in [3.05, 3.63) is 35.5 Å². The van der Waals surface area contributed by atoms with E-state index in [1.165, 1.54) is 0 Å². The average molecular weight is 259 g/mol. The Morgan fingerprint density at radius 2 is 1.79 bits per heavy atom. The minimum Gasteiger partial charge on any atom is -0.481 e. The highest BCUT2D eigenvalue weighted by Gasteiger charge is 2.07. The molecule has 0 aromatic carbocycles. The van der Waals surface area contributed by atoms with Gasteiger partial charge in [0.2, 0.25) is 5.88 Å². The van der Waals surface area contributed by atoms with E-state index in [2.05, 4.69) is 9.97 Å². The van der Waals surface area contributed by atoms with E-state index < -0.39 is 0 Å². The highest BCUT2D eigenvalue weighted by molar-refractivity contribution is 5.65. The minimum atomic E-state index is 0.513. The van der Waals surface area contributed by atoms with Gasteiger partial charge in [-0.05, 0) is 31.5 Å². The summed E-state index contributed by atoms with van der Waals surface area (Å²) in [5, 5.41) is 0. The van der Waals surface area contributed by atoms with Crippen molar-refractivity contribution in [1.29, 1.82) is 0 Å². The number of ether oxygens (including phenoxy) is 1. The maximum atomic E-state index is 5.70. The quantitative estimate of drug-likeness (QED) is 0.898.